The fraction of sp³-hybridized carbons (Fsp3) is 0.167. The van der Waals surface area contributed by atoms with E-state index in [9.17, 15) is 24.9 Å². The standard InChI is InChI=1S/C36H36N2O8/c1-44-32-22-27(7-14-30(32)41)23-34(36(43)38-20-18-25-5-12-29(40)13-6-25)46-31-15-8-26(21-33(31)45-2)9-16-35(42)37-19-17-24-3-10-28(39)11-4-24/h3-16,21-23,39-41H,17-20H2,1-2H3,(H,37,42)(H,38,43)/b16-9+,34-23-. The molecule has 4 aromatic carbocycles. The van der Waals surface area contributed by atoms with Gasteiger partial charge in [0.25, 0.3) is 5.91 Å². The van der Waals surface area contributed by atoms with Gasteiger partial charge in [-0.15, -0.1) is 0 Å². The average molecular weight is 625 g/mol. The van der Waals surface area contributed by atoms with Crippen molar-refractivity contribution in [2.45, 2.75) is 12.8 Å². The van der Waals surface area contributed by atoms with Crippen LogP contribution in [0.5, 0.6) is 34.5 Å². The van der Waals surface area contributed by atoms with Crippen LogP contribution >= 0.6 is 0 Å². The third-order valence-corrected chi connectivity index (χ3v) is 6.84. The van der Waals surface area contributed by atoms with Gasteiger partial charge >= 0.3 is 0 Å². The summed E-state index contributed by atoms with van der Waals surface area (Å²) in [5.41, 5.74) is 3.15. The summed E-state index contributed by atoms with van der Waals surface area (Å²) in [7, 11) is 2.90. The van der Waals surface area contributed by atoms with Crippen LogP contribution < -0.4 is 24.8 Å². The summed E-state index contributed by atoms with van der Waals surface area (Å²) in [6.45, 7) is 0.740. The molecule has 0 saturated heterocycles. The van der Waals surface area contributed by atoms with Crippen LogP contribution in [0.15, 0.2) is 96.8 Å². The molecule has 0 unspecified atom stereocenters. The molecule has 0 radical (unpaired) electrons. The Labute approximate surface area is 267 Å². The number of phenols is 3. The molecule has 0 aromatic heterocycles. The smallest absolute Gasteiger partial charge is 0.287 e. The maximum absolute atomic E-state index is 13.3. The zero-order chi connectivity index (χ0) is 32.9. The minimum absolute atomic E-state index is 0.0342. The molecule has 10 heteroatoms. The Hall–Kier alpha value is -5.90. The minimum atomic E-state index is -0.485. The van der Waals surface area contributed by atoms with Gasteiger partial charge in [-0.3, -0.25) is 9.59 Å². The van der Waals surface area contributed by atoms with E-state index in [0.29, 0.717) is 42.8 Å². The fourth-order valence-corrected chi connectivity index (χ4v) is 4.36. The molecular weight excluding hydrogens is 588 g/mol. The molecule has 4 rings (SSSR count). The van der Waals surface area contributed by atoms with Crippen molar-refractivity contribution < 1.29 is 39.1 Å². The highest BCUT2D eigenvalue weighted by Crippen LogP contribution is 2.32. The molecule has 0 atom stereocenters. The average Bonchev–Trinajstić information content (AvgIpc) is 3.06. The highest BCUT2D eigenvalue weighted by molar-refractivity contribution is 5.96. The molecular formula is C36H36N2O8. The number of phenolic OH excluding ortho intramolecular Hbond substituents is 3. The molecule has 238 valence electrons. The first-order valence-electron chi connectivity index (χ1n) is 14.5. The topological polar surface area (TPSA) is 147 Å². The lowest BCUT2D eigenvalue weighted by Crippen LogP contribution is -2.29. The number of carbonyl (C=O) groups is 2. The molecule has 0 spiro atoms. The lowest BCUT2D eigenvalue weighted by molar-refractivity contribution is -0.119. The predicted octanol–water partition coefficient (Wildman–Crippen LogP) is 4.97. The van der Waals surface area contributed by atoms with Crippen LogP contribution in [0.2, 0.25) is 0 Å². The first-order valence-corrected chi connectivity index (χ1v) is 14.5. The Kier molecular flexibility index (Phi) is 11.7. The fourth-order valence-electron chi connectivity index (χ4n) is 4.36. The quantitative estimate of drug-likeness (QED) is 0.0977. The Bertz CT molecular complexity index is 1700. The Morgan fingerprint density at radius 2 is 1.24 bits per heavy atom. The second-order valence-corrected chi connectivity index (χ2v) is 10.2. The largest absolute Gasteiger partial charge is 0.508 e. The second kappa shape index (κ2) is 16.2. The van der Waals surface area contributed by atoms with E-state index in [-0.39, 0.29) is 40.4 Å². The molecule has 0 aliphatic rings. The van der Waals surface area contributed by atoms with Crippen LogP contribution in [-0.2, 0) is 22.4 Å². The Morgan fingerprint density at radius 3 is 1.85 bits per heavy atom. The van der Waals surface area contributed by atoms with Crippen molar-refractivity contribution in [3.63, 3.8) is 0 Å². The van der Waals surface area contributed by atoms with Gasteiger partial charge in [0, 0.05) is 19.2 Å². The highest BCUT2D eigenvalue weighted by atomic mass is 16.5. The maximum Gasteiger partial charge on any atom is 0.287 e. The van der Waals surface area contributed by atoms with Crippen LogP contribution in [0.3, 0.4) is 0 Å². The molecule has 0 fully saturated rings. The number of hydrogen-bond donors (Lipinski definition) is 5. The van der Waals surface area contributed by atoms with Gasteiger partial charge in [0.15, 0.2) is 28.8 Å². The SMILES string of the molecule is COc1cc(/C=C(\Oc2ccc(/C=C/C(=O)NCCc3ccc(O)cc3)cc2OC)C(=O)NCCc2ccc(O)cc2)ccc1O. The Balaban J connectivity index is 1.46. The van der Waals surface area contributed by atoms with Gasteiger partial charge in [-0.2, -0.15) is 0 Å². The van der Waals surface area contributed by atoms with Crippen molar-refractivity contribution in [3.05, 3.63) is 119 Å². The predicted molar refractivity (Wildman–Crippen MR) is 175 cm³/mol. The van der Waals surface area contributed by atoms with Gasteiger partial charge in [-0.1, -0.05) is 36.4 Å². The van der Waals surface area contributed by atoms with Crippen molar-refractivity contribution in [2.24, 2.45) is 0 Å². The zero-order valence-corrected chi connectivity index (χ0v) is 25.5. The van der Waals surface area contributed by atoms with E-state index < -0.39 is 5.91 Å². The lowest BCUT2D eigenvalue weighted by atomic mass is 10.1. The number of methoxy groups -OCH3 is 2. The van der Waals surface area contributed by atoms with E-state index in [1.807, 2.05) is 0 Å². The number of nitrogens with one attached hydrogen (secondary N) is 2. The third kappa shape index (κ3) is 9.81. The van der Waals surface area contributed by atoms with Crippen LogP contribution in [0.25, 0.3) is 12.2 Å². The molecule has 4 aromatic rings. The molecule has 0 heterocycles. The summed E-state index contributed by atoms with van der Waals surface area (Å²) < 4.78 is 16.8. The van der Waals surface area contributed by atoms with E-state index in [1.54, 1.807) is 84.9 Å². The summed E-state index contributed by atoms with van der Waals surface area (Å²) in [6.07, 6.45) is 5.72. The number of carbonyl (C=O) groups excluding carboxylic acids is 2. The van der Waals surface area contributed by atoms with Gasteiger partial charge in [0.05, 0.1) is 14.2 Å². The number of rotatable bonds is 14. The molecule has 0 aliphatic heterocycles. The van der Waals surface area contributed by atoms with Crippen LogP contribution in [0.4, 0.5) is 0 Å². The van der Waals surface area contributed by atoms with E-state index in [4.69, 9.17) is 14.2 Å². The van der Waals surface area contributed by atoms with Crippen LogP contribution in [0, 0.1) is 0 Å². The molecule has 46 heavy (non-hydrogen) atoms. The van der Waals surface area contributed by atoms with E-state index in [2.05, 4.69) is 10.6 Å². The summed E-state index contributed by atoms with van der Waals surface area (Å²) >= 11 is 0. The minimum Gasteiger partial charge on any atom is -0.508 e. The maximum atomic E-state index is 13.3. The van der Waals surface area contributed by atoms with Gasteiger partial charge in [0.2, 0.25) is 5.91 Å². The van der Waals surface area contributed by atoms with Gasteiger partial charge < -0.3 is 40.2 Å². The first-order chi connectivity index (χ1) is 22.2. The Morgan fingerprint density at radius 1 is 0.674 bits per heavy atom. The number of hydrogen-bond acceptors (Lipinski definition) is 8. The van der Waals surface area contributed by atoms with Gasteiger partial charge in [0.1, 0.15) is 11.5 Å². The molecule has 2 amide bonds. The van der Waals surface area contributed by atoms with Gasteiger partial charge in [-0.05, 0) is 95.8 Å². The van der Waals surface area contributed by atoms with Crippen molar-refractivity contribution >= 4 is 24.0 Å². The number of ether oxygens (including phenoxy) is 3. The monoisotopic (exact) mass is 624 g/mol. The van der Waals surface area contributed by atoms with Crippen molar-refractivity contribution in [2.75, 3.05) is 27.3 Å². The van der Waals surface area contributed by atoms with E-state index >= 15 is 0 Å². The third-order valence-electron chi connectivity index (χ3n) is 6.84. The van der Waals surface area contributed by atoms with Crippen LogP contribution in [-0.4, -0.2) is 54.4 Å². The van der Waals surface area contributed by atoms with Crippen LogP contribution in [0.1, 0.15) is 22.3 Å². The lowest BCUT2D eigenvalue weighted by Gasteiger charge is -2.14. The summed E-state index contributed by atoms with van der Waals surface area (Å²) in [6, 6.07) is 23.2. The number of amides is 2. The van der Waals surface area contributed by atoms with E-state index in [1.165, 1.54) is 32.4 Å². The molecule has 0 aliphatic carbocycles. The molecule has 0 bridgehead atoms. The van der Waals surface area contributed by atoms with Crippen molar-refractivity contribution in [1.82, 2.24) is 10.6 Å². The first kappa shape index (κ1) is 33.0. The molecule has 5 N–H and O–H groups in total. The normalized spacial score (nSPS) is 11.2. The number of aromatic hydroxyl groups is 3. The summed E-state index contributed by atoms with van der Waals surface area (Å²) in [5, 5.41) is 34.6. The van der Waals surface area contributed by atoms with Crippen molar-refractivity contribution in [1.29, 1.82) is 0 Å². The van der Waals surface area contributed by atoms with Crippen molar-refractivity contribution in [3.8, 4) is 34.5 Å². The number of benzene rings is 4. The van der Waals surface area contributed by atoms with Gasteiger partial charge in [-0.25, -0.2) is 0 Å². The van der Waals surface area contributed by atoms with E-state index in [0.717, 1.165) is 11.1 Å². The zero-order valence-electron chi connectivity index (χ0n) is 25.5. The molecule has 0 saturated carbocycles. The summed E-state index contributed by atoms with van der Waals surface area (Å²) in [4.78, 5) is 25.7. The molecule has 10 nitrogen and oxygen atoms in total. The second-order valence-electron chi connectivity index (χ2n) is 10.2. The highest BCUT2D eigenvalue weighted by Gasteiger charge is 2.16. The summed E-state index contributed by atoms with van der Waals surface area (Å²) in [5.74, 6) is 0.361.